The van der Waals surface area contributed by atoms with Gasteiger partial charge in [0.05, 0.1) is 22.8 Å². The van der Waals surface area contributed by atoms with Crippen molar-refractivity contribution in [1.82, 2.24) is 4.98 Å². The summed E-state index contributed by atoms with van der Waals surface area (Å²) in [5, 5.41) is 10.6. The molecule has 13 heavy (non-hydrogen) atoms. The molecule has 1 aromatic heterocycles. The van der Waals surface area contributed by atoms with Gasteiger partial charge in [0.2, 0.25) is 0 Å². The molecule has 0 radical (unpaired) electrons. The summed E-state index contributed by atoms with van der Waals surface area (Å²) < 4.78 is 0. The van der Waals surface area contributed by atoms with E-state index in [1.807, 2.05) is 17.5 Å². The highest BCUT2D eigenvalue weighted by Crippen LogP contribution is 2.18. The van der Waals surface area contributed by atoms with Gasteiger partial charge in [-0.05, 0) is 12.1 Å². The first-order valence-electron chi connectivity index (χ1n) is 3.79. The van der Waals surface area contributed by atoms with E-state index in [0.717, 1.165) is 11.3 Å². The van der Waals surface area contributed by atoms with Crippen LogP contribution in [0.5, 0.6) is 0 Å². The Kier molecular flexibility index (Phi) is 2.07. The van der Waals surface area contributed by atoms with Gasteiger partial charge in [-0.2, -0.15) is 5.26 Å². The SMILES string of the molecule is N#Cc1ccc(-c2cscn2)cc1. The van der Waals surface area contributed by atoms with Crippen LogP contribution < -0.4 is 0 Å². The van der Waals surface area contributed by atoms with E-state index in [4.69, 9.17) is 5.26 Å². The van der Waals surface area contributed by atoms with E-state index >= 15 is 0 Å². The lowest BCUT2D eigenvalue weighted by molar-refractivity contribution is 1.40. The molecule has 2 nitrogen and oxygen atoms in total. The monoisotopic (exact) mass is 186 g/mol. The van der Waals surface area contributed by atoms with Crippen LogP contribution in [-0.2, 0) is 0 Å². The molecule has 3 heteroatoms. The molecular formula is C10H6N2S. The molecule has 0 unspecified atom stereocenters. The second-order valence-corrected chi connectivity index (χ2v) is 3.28. The first-order chi connectivity index (χ1) is 6.40. The summed E-state index contributed by atoms with van der Waals surface area (Å²) in [6.07, 6.45) is 0. The molecule has 1 aromatic carbocycles. The van der Waals surface area contributed by atoms with Gasteiger partial charge in [0, 0.05) is 10.9 Å². The standard InChI is InChI=1S/C10H6N2S/c11-5-8-1-3-9(4-2-8)10-6-13-7-12-10/h1-4,6-7H. The number of hydrogen-bond donors (Lipinski definition) is 0. The number of nitrogens with zero attached hydrogens (tertiary/aromatic N) is 2. The Bertz CT molecular complexity index is 423. The molecule has 0 saturated carbocycles. The molecule has 0 N–H and O–H groups in total. The molecular weight excluding hydrogens is 180 g/mol. The normalized spacial score (nSPS) is 9.46. The Balaban J connectivity index is 2.40. The van der Waals surface area contributed by atoms with Crippen LogP contribution in [0, 0.1) is 11.3 Å². The van der Waals surface area contributed by atoms with Gasteiger partial charge >= 0.3 is 0 Å². The minimum Gasteiger partial charge on any atom is -0.245 e. The summed E-state index contributed by atoms with van der Waals surface area (Å²) in [7, 11) is 0. The number of rotatable bonds is 1. The minimum atomic E-state index is 0.680. The van der Waals surface area contributed by atoms with Gasteiger partial charge in [-0.1, -0.05) is 12.1 Å². The van der Waals surface area contributed by atoms with E-state index in [2.05, 4.69) is 11.1 Å². The van der Waals surface area contributed by atoms with Gasteiger partial charge in [-0.3, -0.25) is 0 Å². The second kappa shape index (κ2) is 3.38. The molecule has 0 fully saturated rings. The van der Waals surface area contributed by atoms with Crippen LogP contribution >= 0.6 is 11.3 Å². The summed E-state index contributed by atoms with van der Waals surface area (Å²) in [6, 6.07) is 9.50. The lowest BCUT2D eigenvalue weighted by Crippen LogP contribution is -1.77. The topological polar surface area (TPSA) is 36.7 Å². The number of nitriles is 1. The number of benzene rings is 1. The molecule has 2 rings (SSSR count). The highest BCUT2D eigenvalue weighted by Gasteiger charge is 1.98. The van der Waals surface area contributed by atoms with E-state index < -0.39 is 0 Å². The summed E-state index contributed by atoms with van der Waals surface area (Å²) in [6.45, 7) is 0. The van der Waals surface area contributed by atoms with Crippen LogP contribution in [0.1, 0.15) is 5.56 Å². The maximum absolute atomic E-state index is 8.60. The lowest BCUT2D eigenvalue weighted by atomic mass is 10.1. The molecule has 0 bridgehead atoms. The van der Waals surface area contributed by atoms with Crippen LogP contribution in [0.4, 0.5) is 0 Å². The first kappa shape index (κ1) is 7.96. The van der Waals surface area contributed by atoms with Crippen molar-refractivity contribution in [1.29, 1.82) is 5.26 Å². The Hall–Kier alpha value is -1.66. The van der Waals surface area contributed by atoms with Gasteiger partial charge in [0.15, 0.2) is 0 Å². The molecule has 0 aliphatic carbocycles. The van der Waals surface area contributed by atoms with E-state index in [0.29, 0.717) is 5.56 Å². The molecule has 1 heterocycles. The van der Waals surface area contributed by atoms with E-state index in [1.54, 1.807) is 29.0 Å². The van der Waals surface area contributed by atoms with Gasteiger partial charge in [0.1, 0.15) is 0 Å². The maximum Gasteiger partial charge on any atom is 0.0991 e. The van der Waals surface area contributed by atoms with E-state index in [9.17, 15) is 0 Å². The molecule has 0 atom stereocenters. The molecule has 2 aromatic rings. The van der Waals surface area contributed by atoms with Crippen molar-refractivity contribution in [2.75, 3.05) is 0 Å². The fourth-order valence-electron chi connectivity index (χ4n) is 1.07. The van der Waals surface area contributed by atoms with Crippen molar-refractivity contribution in [3.05, 3.63) is 40.7 Å². The van der Waals surface area contributed by atoms with Gasteiger partial charge in [0.25, 0.3) is 0 Å². The predicted molar refractivity (Wildman–Crippen MR) is 52.3 cm³/mol. The minimum absolute atomic E-state index is 0.680. The van der Waals surface area contributed by atoms with Crippen molar-refractivity contribution >= 4 is 11.3 Å². The van der Waals surface area contributed by atoms with Crippen LogP contribution in [-0.4, -0.2) is 4.98 Å². The average Bonchev–Trinajstić information content (AvgIpc) is 2.71. The van der Waals surface area contributed by atoms with Crippen molar-refractivity contribution in [3.63, 3.8) is 0 Å². The van der Waals surface area contributed by atoms with Crippen molar-refractivity contribution in [2.24, 2.45) is 0 Å². The Morgan fingerprint density at radius 2 is 2.00 bits per heavy atom. The fourth-order valence-corrected chi connectivity index (χ4v) is 1.63. The van der Waals surface area contributed by atoms with Crippen molar-refractivity contribution < 1.29 is 0 Å². The smallest absolute Gasteiger partial charge is 0.0991 e. The summed E-state index contributed by atoms with van der Waals surface area (Å²) in [5.41, 5.74) is 4.50. The van der Waals surface area contributed by atoms with Crippen molar-refractivity contribution in [3.8, 4) is 17.3 Å². The van der Waals surface area contributed by atoms with E-state index in [1.165, 1.54) is 0 Å². The third-order valence-electron chi connectivity index (χ3n) is 1.74. The zero-order valence-corrected chi connectivity index (χ0v) is 7.58. The number of hydrogen-bond acceptors (Lipinski definition) is 3. The fraction of sp³-hybridized carbons (Fsp3) is 0. The van der Waals surface area contributed by atoms with Gasteiger partial charge < -0.3 is 0 Å². The summed E-state index contributed by atoms with van der Waals surface area (Å²) in [4.78, 5) is 4.18. The van der Waals surface area contributed by atoms with Crippen LogP contribution in [0.25, 0.3) is 11.3 Å². The molecule has 0 saturated heterocycles. The largest absolute Gasteiger partial charge is 0.245 e. The molecule has 0 amide bonds. The molecule has 0 spiro atoms. The van der Waals surface area contributed by atoms with Crippen LogP contribution in [0.15, 0.2) is 35.2 Å². The van der Waals surface area contributed by atoms with Gasteiger partial charge in [-0.25, -0.2) is 4.98 Å². The third kappa shape index (κ3) is 1.58. The van der Waals surface area contributed by atoms with Gasteiger partial charge in [-0.15, -0.1) is 11.3 Å². The Morgan fingerprint density at radius 3 is 2.54 bits per heavy atom. The molecule has 62 valence electrons. The number of aromatic nitrogens is 1. The molecule has 0 aliphatic rings. The number of thiazole rings is 1. The highest BCUT2D eigenvalue weighted by atomic mass is 32.1. The third-order valence-corrected chi connectivity index (χ3v) is 2.33. The predicted octanol–water partition coefficient (Wildman–Crippen LogP) is 2.68. The highest BCUT2D eigenvalue weighted by molar-refractivity contribution is 7.07. The first-order valence-corrected chi connectivity index (χ1v) is 4.73. The summed E-state index contributed by atoms with van der Waals surface area (Å²) in [5.74, 6) is 0. The zero-order valence-electron chi connectivity index (χ0n) is 6.77. The second-order valence-electron chi connectivity index (χ2n) is 2.56. The van der Waals surface area contributed by atoms with Crippen LogP contribution in [0.2, 0.25) is 0 Å². The maximum atomic E-state index is 8.60. The Labute approximate surface area is 80.1 Å². The van der Waals surface area contributed by atoms with Crippen LogP contribution in [0.3, 0.4) is 0 Å². The lowest BCUT2D eigenvalue weighted by Gasteiger charge is -1.94. The zero-order chi connectivity index (χ0) is 9.10. The van der Waals surface area contributed by atoms with E-state index in [-0.39, 0.29) is 0 Å². The molecule has 0 aliphatic heterocycles. The van der Waals surface area contributed by atoms with Crippen molar-refractivity contribution in [2.45, 2.75) is 0 Å². The average molecular weight is 186 g/mol. The Morgan fingerprint density at radius 1 is 1.23 bits per heavy atom. The summed E-state index contributed by atoms with van der Waals surface area (Å²) >= 11 is 1.57. The quantitative estimate of drug-likeness (QED) is 0.686.